The molecule has 0 aromatic rings. The lowest BCUT2D eigenvalue weighted by molar-refractivity contribution is -0.228. The fourth-order valence-corrected chi connectivity index (χ4v) is 2.41. The minimum absolute atomic E-state index is 0.554. The van der Waals surface area contributed by atoms with E-state index in [1.807, 2.05) is 0 Å². The quantitative estimate of drug-likeness (QED) is 0.460. The Morgan fingerprint density at radius 3 is 1.70 bits per heavy atom. The van der Waals surface area contributed by atoms with E-state index in [4.69, 9.17) is 18.9 Å². The van der Waals surface area contributed by atoms with Crippen LogP contribution in [0.3, 0.4) is 0 Å². The van der Waals surface area contributed by atoms with E-state index in [0.717, 1.165) is 0 Å². The van der Waals surface area contributed by atoms with Gasteiger partial charge in [-0.25, -0.2) is 0 Å². The number of carbonyl (C=O) groups is 3. The highest BCUT2D eigenvalue weighted by atomic mass is 32.1. The lowest BCUT2D eigenvalue weighted by Gasteiger charge is -2.42. The summed E-state index contributed by atoms with van der Waals surface area (Å²) in [6, 6.07) is 0. The molecule has 1 unspecified atom stereocenters. The van der Waals surface area contributed by atoms with E-state index in [2.05, 4.69) is 12.6 Å². The van der Waals surface area contributed by atoms with Gasteiger partial charge in [-0.3, -0.25) is 14.4 Å². The van der Waals surface area contributed by atoms with Gasteiger partial charge in [0, 0.05) is 20.8 Å². The molecule has 5 atom stereocenters. The number of ether oxygens (including phenoxy) is 4. The Morgan fingerprint density at radius 2 is 1.25 bits per heavy atom. The first-order valence-corrected chi connectivity index (χ1v) is 6.59. The summed E-state index contributed by atoms with van der Waals surface area (Å²) in [4.78, 5) is 33.5. The molecule has 0 aromatic carbocycles. The lowest BCUT2D eigenvalue weighted by Crippen LogP contribution is -2.59. The molecule has 1 fully saturated rings. The first-order chi connectivity index (χ1) is 9.22. The van der Waals surface area contributed by atoms with Crippen LogP contribution in [0.1, 0.15) is 27.7 Å². The molecule has 0 aromatic heterocycles. The van der Waals surface area contributed by atoms with Gasteiger partial charge in [-0.2, -0.15) is 0 Å². The Morgan fingerprint density at radius 1 is 0.850 bits per heavy atom. The van der Waals surface area contributed by atoms with Crippen LogP contribution in [0.5, 0.6) is 0 Å². The Hall–Kier alpha value is -1.28. The van der Waals surface area contributed by atoms with Crippen LogP contribution in [-0.2, 0) is 33.3 Å². The molecule has 0 saturated carbocycles. The minimum Gasteiger partial charge on any atom is -0.456 e. The van der Waals surface area contributed by atoms with Crippen molar-refractivity contribution in [2.45, 2.75) is 57.5 Å². The number of esters is 3. The average Bonchev–Trinajstić information content (AvgIpc) is 2.27. The van der Waals surface area contributed by atoms with Gasteiger partial charge in [0.1, 0.15) is 5.44 Å². The van der Waals surface area contributed by atoms with E-state index in [1.54, 1.807) is 6.92 Å². The molecule has 1 rings (SSSR count). The predicted molar refractivity (Wildman–Crippen MR) is 70.0 cm³/mol. The van der Waals surface area contributed by atoms with Crippen LogP contribution in [0.25, 0.3) is 0 Å². The van der Waals surface area contributed by atoms with Gasteiger partial charge in [-0.1, -0.05) is 0 Å². The fourth-order valence-electron chi connectivity index (χ4n) is 1.99. The number of rotatable bonds is 3. The number of hydrogen-bond acceptors (Lipinski definition) is 8. The standard InChI is InChI=1S/C12H18O7S/c1-5-9(17-6(2)13)10(18-7(3)14)11(12(20)16-5)19-8(4)15/h5,9-12,20H,1-4H3/t5-,9+,10+,11-,12?/m0/s1. The summed E-state index contributed by atoms with van der Waals surface area (Å²) in [6.45, 7) is 5.30. The summed E-state index contributed by atoms with van der Waals surface area (Å²) in [5.74, 6) is -1.72. The van der Waals surface area contributed by atoms with Gasteiger partial charge in [-0.05, 0) is 6.92 Å². The monoisotopic (exact) mass is 306 g/mol. The summed E-state index contributed by atoms with van der Waals surface area (Å²) < 4.78 is 20.8. The second kappa shape index (κ2) is 6.94. The zero-order valence-electron chi connectivity index (χ0n) is 11.7. The normalized spacial score (nSPS) is 33.1. The number of hydrogen-bond donors (Lipinski definition) is 1. The van der Waals surface area contributed by atoms with Gasteiger partial charge in [-0.15, -0.1) is 12.6 Å². The van der Waals surface area contributed by atoms with Crippen LogP contribution in [0, 0.1) is 0 Å². The van der Waals surface area contributed by atoms with Crippen molar-refractivity contribution in [1.82, 2.24) is 0 Å². The second-order valence-electron chi connectivity index (χ2n) is 4.45. The van der Waals surface area contributed by atoms with Crippen LogP contribution in [-0.4, -0.2) is 47.8 Å². The SMILES string of the molecule is CC(=O)O[C@@H]1[C@H](OC(C)=O)[C@H](C)OC(S)[C@H]1OC(C)=O. The Bertz CT molecular complexity index is 369. The van der Waals surface area contributed by atoms with Crippen LogP contribution in [0.4, 0.5) is 0 Å². The van der Waals surface area contributed by atoms with Gasteiger partial charge in [0.15, 0.2) is 18.3 Å². The zero-order chi connectivity index (χ0) is 15.4. The highest BCUT2D eigenvalue weighted by molar-refractivity contribution is 7.80. The Labute approximate surface area is 122 Å². The fraction of sp³-hybridized carbons (Fsp3) is 0.750. The summed E-state index contributed by atoms with van der Waals surface area (Å²) in [5.41, 5.74) is -0.787. The maximum atomic E-state index is 11.2. The van der Waals surface area contributed by atoms with Crippen LogP contribution < -0.4 is 0 Å². The van der Waals surface area contributed by atoms with Crippen molar-refractivity contribution in [3.8, 4) is 0 Å². The van der Waals surface area contributed by atoms with Gasteiger partial charge in [0.2, 0.25) is 0 Å². The highest BCUT2D eigenvalue weighted by Gasteiger charge is 2.49. The average molecular weight is 306 g/mol. The predicted octanol–water partition coefficient (Wildman–Crippen LogP) is 0.456. The molecule has 0 radical (unpaired) electrons. The van der Waals surface area contributed by atoms with Crippen molar-refractivity contribution in [2.75, 3.05) is 0 Å². The van der Waals surface area contributed by atoms with Crippen molar-refractivity contribution < 1.29 is 33.3 Å². The molecule has 8 heteroatoms. The van der Waals surface area contributed by atoms with Gasteiger partial charge in [0.25, 0.3) is 0 Å². The largest absolute Gasteiger partial charge is 0.456 e. The molecule has 20 heavy (non-hydrogen) atoms. The van der Waals surface area contributed by atoms with Crippen LogP contribution in [0.15, 0.2) is 0 Å². The van der Waals surface area contributed by atoms with E-state index < -0.39 is 47.8 Å². The molecule has 1 saturated heterocycles. The van der Waals surface area contributed by atoms with E-state index in [-0.39, 0.29) is 0 Å². The number of thiol groups is 1. The van der Waals surface area contributed by atoms with E-state index in [9.17, 15) is 14.4 Å². The van der Waals surface area contributed by atoms with Gasteiger partial charge < -0.3 is 18.9 Å². The van der Waals surface area contributed by atoms with Crippen molar-refractivity contribution in [3.63, 3.8) is 0 Å². The van der Waals surface area contributed by atoms with E-state index >= 15 is 0 Å². The number of carbonyl (C=O) groups excluding carboxylic acids is 3. The molecule has 1 aliphatic rings. The minimum atomic E-state index is -0.966. The van der Waals surface area contributed by atoms with E-state index in [0.29, 0.717) is 0 Å². The molecule has 7 nitrogen and oxygen atoms in total. The second-order valence-corrected chi connectivity index (χ2v) is 4.96. The zero-order valence-corrected chi connectivity index (χ0v) is 12.6. The summed E-state index contributed by atoms with van der Waals surface area (Å²) in [5, 5.41) is 0. The molecular formula is C12H18O7S. The third-order valence-corrected chi connectivity index (χ3v) is 3.07. The molecule has 0 N–H and O–H groups in total. The molecular weight excluding hydrogens is 288 g/mol. The highest BCUT2D eigenvalue weighted by Crippen LogP contribution is 2.29. The maximum absolute atomic E-state index is 11.2. The molecule has 1 aliphatic heterocycles. The summed E-state index contributed by atoms with van der Waals surface area (Å²) in [6.07, 6.45) is -3.35. The molecule has 1 heterocycles. The molecule has 0 amide bonds. The summed E-state index contributed by atoms with van der Waals surface area (Å²) >= 11 is 4.17. The van der Waals surface area contributed by atoms with Crippen molar-refractivity contribution in [1.29, 1.82) is 0 Å². The third kappa shape index (κ3) is 4.38. The van der Waals surface area contributed by atoms with E-state index in [1.165, 1.54) is 20.8 Å². The van der Waals surface area contributed by atoms with Crippen LogP contribution in [0.2, 0.25) is 0 Å². The Kier molecular flexibility index (Phi) is 5.82. The Balaban J connectivity index is 3.01. The van der Waals surface area contributed by atoms with Gasteiger partial charge >= 0.3 is 17.9 Å². The molecule has 0 aliphatic carbocycles. The lowest BCUT2D eigenvalue weighted by atomic mass is 10.00. The topological polar surface area (TPSA) is 88.1 Å². The van der Waals surface area contributed by atoms with Gasteiger partial charge in [0.05, 0.1) is 6.10 Å². The van der Waals surface area contributed by atoms with Crippen molar-refractivity contribution in [2.24, 2.45) is 0 Å². The maximum Gasteiger partial charge on any atom is 0.303 e. The molecule has 0 spiro atoms. The summed E-state index contributed by atoms with van der Waals surface area (Å²) in [7, 11) is 0. The first kappa shape index (κ1) is 16.8. The van der Waals surface area contributed by atoms with Crippen molar-refractivity contribution in [3.05, 3.63) is 0 Å². The smallest absolute Gasteiger partial charge is 0.303 e. The third-order valence-electron chi connectivity index (χ3n) is 2.65. The molecule has 114 valence electrons. The van der Waals surface area contributed by atoms with Crippen LogP contribution >= 0.6 is 12.6 Å². The molecule has 0 bridgehead atoms. The first-order valence-electron chi connectivity index (χ1n) is 6.07. The van der Waals surface area contributed by atoms with Crippen molar-refractivity contribution >= 4 is 30.5 Å².